The van der Waals surface area contributed by atoms with Crippen LogP contribution < -0.4 is 5.32 Å². The fourth-order valence-corrected chi connectivity index (χ4v) is 2.47. The molecule has 4 nitrogen and oxygen atoms in total. The van der Waals surface area contributed by atoms with E-state index in [4.69, 9.17) is 0 Å². The van der Waals surface area contributed by atoms with Gasteiger partial charge in [-0.25, -0.2) is 0 Å². The van der Waals surface area contributed by atoms with Crippen molar-refractivity contribution in [2.75, 3.05) is 27.2 Å². The standard InChI is InChI=1S/C15H23N3O/c1-4-13-16-14(12-8-6-5-7-9-12)15(19)18(13)11-10-17(2)3/h5-9,13-14,16H,4,10-11H2,1-3H3. The number of carbonyl (C=O) groups is 1. The van der Waals surface area contributed by atoms with Gasteiger partial charge in [0.1, 0.15) is 6.04 Å². The SMILES string of the molecule is CCC1NC(c2ccccc2)C(=O)N1CCN(C)C. The molecule has 1 aliphatic rings. The second-order valence-electron chi connectivity index (χ2n) is 5.27. The van der Waals surface area contributed by atoms with Gasteiger partial charge in [-0.1, -0.05) is 37.3 Å². The summed E-state index contributed by atoms with van der Waals surface area (Å²) in [4.78, 5) is 16.6. The van der Waals surface area contributed by atoms with Crippen LogP contribution in [0.1, 0.15) is 24.9 Å². The molecule has 104 valence electrons. The van der Waals surface area contributed by atoms with Gasteiger partial charge in [-0.2, -0.15) is 0 Å². The molecule has 1 saturated heterocycles. The van der Waals surface area contributed by atoms with E-state index < -0.39 is 0 Å². The number of nitrogens with one attached hydrogen (secondary N) is 1. The van der Waals surface area contributed by atoms with Gasteiger partial charge in [0.15, 0.2) is 0 Å². The van der Waals surface area contributed by atoms with Crippen molar-refractivity contribution in [2.45, 2.75) is 25.6 Å². The first kappa shape index (κ1) is 14.0. The zero-order valence-corrected chi connectivity index (χ0v) is 12.0. The molecule has 0 saturated carbocycles. The van der Waals surface area contributed by atoms with Crippen molar-refractivity contribution in [3.05, 3.63) is 35.9 Å². The van der Waals surface area contributed by atoms with Crippen molar-refractivity contribution in [3.63, 3.8) is 0 Å². The molecule has 1 heterocycles. The lowest BCUT2D eigenvalue weighted by molar-refractivity contribution is -0.130. The molecule has 2 unspecified atom stereocenters. The normalized spacial score (nSPS) is 23.4. The third-order valence-corrected chi connectivity index (χ3v) is 3.57. The molecule has 1 N–H and O–H groups in total. The van der Waals surface area contributed by atoms with Gasteiger partial charge in [0, 0.05) is 13.1 Å². The third kappa shape index (κ3) is 3.14. The Kier molecular flexibility index (Phi) is 4.56. The molecule has 0 radical (unpaired) electrons. The molecular weight excluding hydrogens is 238 g/mol. The second kappa shape index (κ2) is 6.17. The van der Waals surface area contributed by atoms with Crippen molar-refractivity contribution >= 4 is 5.91 Å². The number of hydrogen-bond donors (Lipinski definition) is 1. The van der Waals surface area contributed by atoms with E-state index in [2.05, 4.69) is 17.1 Å². The molecule has 1 aromatic carbocycles. The predicted octanol–water partition coefficient (Wildman–Crippen LogP) is 1.46. The summed E-state index contributed by atoms with van der Waals surface area (Å²) in [6.45, 7) is 3.78. The first-order valence-electron chi connectivity index (χ1n) is 6.89. The van der Waals surface area contributed by atoms with Gasteiger partial charge in [0.2, 0.25) is 5.91 Å². The largest absolute Gasteiger partial charge is 0.324 e. The quantitative estimate of drug-likeness (QED) is 0.871. The number of likely N-dealkylation sites (N-methyl/N-ethyl adjacent to an activating group) is 1. The Morgan fingerprint density at radius 2 is 1.95 bits per heavy atom. The summed E-state index contributed by atoms with van der Waals surface area (Å²) in [6, 6.07) is 9.77. The molecule has 1 amide bonds. The Bertz CT molecular complexity index is 419. The molecule has 1 aromatic rings. The molecule has 0 aromatic heterocycles. The van der Waals surface area contributed by atoms with E-state index in [1.54, 1.807) is 0 Å². The lowest BCUT2D eigenvalue weighted by atomic mass is 10.1. The smallest absolute Gasteiger partial charge is 0.245 e. The topological polar surface area (TPSA) is 35.6 Å². The van der Waals surface area contributed by atoms with Gasteiger partial charge in [0.05, 0.1) is 6.17 Å². The fourth-order valence-electron chi connectivity index (χ4n) is 2.47. The first-order valence-corrected chi connectivity index (χ1v) is 6.89. The maximum Gasteiger partial charge on any atom is 0.245 e. The molecule has 2 atom stereocenters. The van der Waals surface area contributed by atoms with E-state index in [0.717, 1.165) is 25.1 Å². The predicted molar refractivity (Wildman–Crippen MR) is 76.7 cm³/mol. The van der Waals surface area contributed by atoms with Crippen LogP contribution in [0.25, 0.3) is 0 Å². The minimum atomic E-state index is -0.187. The van der Waals surface area contributed by atoms with Gasteiger partial charge in [-0.15, -0.1) is 0 Å². The zero-order chi connectivity index (χ0) is 13.8. The van der Waals surface area contributed by atoms with E-state index in [1.165, 1.54) is 0 Å². The van der Waals surface area contributed by atoms with Crippen molar-refractivity contribution in [1.29, 1.82) is 0 Å². The zero-order valence-electron chi connectivity index (χ0n) is 12.0. The van der Waals surface area contributed by atoms with Gasteiger partial charge in [0.25, 0.3) is 0 Å². The van der Waals surface area contributed by atoms with Crippen molar-refractivity contribution < 1.29 is 4.79 Å². The van der Waals surface area contributed by atoms with Crippen molar-refractivity contribution in [2.24, 2.45) is 0 Å². The molecule has 19 heavy (non-hydrogen) atoms. The summed E-state index contributed by atoms with van der Waals surface area (Å²) in [5.41, 5.74) is 1.05. The highest BCUT2D eigenvalue weighted by Crippen LogP contribution is 2.25. The average molecular weight is 261 g/mol. The number of amides is 1. The van der Waals surface area contributed by atoms with Crippen LogP contribution in [0.3, 0.4) is 0 Å². The summed E-state index contributed by atoms with van der Waals surface area (Å²) >= 11 is 0. The Morgan fingerprint density at radius 1 is 1.26 bits per heavy atom. The number of rotatable bonds is 5. The molecule has 0 bridgehead atoms. The number of carbonyl (C=O) groups excluding carboxylic acids is 1. The van der Waals surface area contributed by atoms with E-state index in [-0.39, 0.29) is 18.1 Å². The summed E-state index contributed by atoms with van der Waals surface area (Å²) in [5, 5.41) is 3.44. The minimum Gasteiger partial charge on any atom is -0.324 e. The molecule has 0 spiro atoms. The maximum absolute atomic E-state index is 12.5. The Labute approximate surface area is 115 Å². The highest BCUT2D eigenvalue weighted by atomic mass is 16.2. The van der Waals surface area contributed by atoms with Crippen LogP contribution in [0, 0.1) is 0 Å². The van der Waals surface area contributed by atoms with E-state index in [9.17, 15) is 4.79 Å². The second-order valence-corrected chi connectivity index (χ2v) is 5.27. The van der Waals surface area contributed by atoms with Crippen molar-refractivity contribution in [3.8, 4) is 0 Å². The lowest BCUT2D eigenvalue weighted by Gasteiger charge is -2.24. The monoisotopic (exact) mass is 261 g/mol. The number of benzene rings is 1. The maximum atomic E-state index is 12.5. The fraction of sp³-hybridized carbons (Fsp3) is 0.533. The van der Waals surface area contributed by atoms with Gasteiger partial charge in [-0.3, -0.25) is 10.1 Å². The highest BCUT2D eigenvalue weighted by molar-refractivity contribution is 5.85. The first-order chi connectivity index (χ1) is 9.13. The van der Waals surface area contributed by atoms with Crippen LogP contribution in [0.15, 0.2) is 30.3 Å². The molecule has 0 aliphatic carbocycles. The van der Waals surface area contributed by atoms with Crippen LogP contribution in [0.5, 0.6) is 0 Å². The number of nitrogens with zero attached hydrogens (tertiary/aromatic N) is 2. The lowest BCUT2D eigenvalue weighted by Crippen LogP contribution is -2.40. The molecule has 1 aliphatic heterocycles. The average Bonchev–Trinajstić information content (AvgIpc) is 2.74. The van der Waals surface area contributed by atoms with E-state index in [0.29, 0.717) is 0 Å². The molecule has 4 heteroatoms. The van der Waals surface area contributed by atoms with Crippen molar-refractivity contribution in [1.82, 2.24) is 15.1 Å². The third-order valence-electron chi connectivity index (χ3n) is 3.57. The summed E-state index contributed by atoms with van der Waals surface area (Å²) in [7, 11) is 4.06. The summed E-state index contributed by atoms with van der Waals surface area (Å²) in [6.07, 6.45) is 1.08. The van der Waals surface area contributed by atoms with Gasteiger partial charge >= 0.3 is 0 Å². The summed E-state index contributed by atoms with van der Waals surface area (Å²) in [5.74, 6) is 0.194. The van der Waals surface area contributed by atoms with Crippen LogP contribution >= 0.6 is 0 Å². The summed E-state index contributed by atoms with van der Waals surface area (Å²) < 4.78 is 0. The van der Waals surface area contributed by atoms with Crippen LogP contribution in [0.2, 0.25) is 0 Å². The Balaban J connectivity index is 2.11. The Morgan fingerprint density at radius 3 is 2.53 bits per heavy atom. The van der Waals surface area contributed by atoms with Crippen LogP contribution in [-0.2, 0) is 4.79 Å². The molecular formula is C15H23N3O. The van der Waals surface area contributed by atoms with Crippen LogP contribution in [0.4, 0.5) is 0 Å². The van der Waals surface area contributed by atoms with E-state index >= 15 is 0 Å². The van der Waals surface area contributed by atoms with E-state index in [1.807, 2.05) is 49.3 Å². The molecule has 2 rings (SSSR count). The minimum absolute atomic E-state index is 0.151. The van der Waals surface area contributed by atoms with Gasteiger partial charge < -0.3 is 9.80 Å². The highest BCUT2D eigenvalue weighted by Gasteiger charge is 2.38. The Hall–Kier alpha value is -1.39. The molecule has 1 fully saturated rings. The number of hydrogen-bond acceptors (Lipinski definition) is 3. The van der Waals surface area contributed by atoms with Crippen LogP contribution in [-0.4, -0.2) is 49.1 Å². The van der Waals surface area contributed by atoms with Gasteiger partial charge in [-0.05, 0) is 26.1 Å².